The highest BCUT2D eigenvalue weighted by atomic mass is 16.6. The van der Waals surface area contributed by atoms with Crippen LogP contribution in [0.2, 0.25) is 0 Å². The number of hydrogen-bond acceptors (Lipinski definition) is 9. The van der Waals surface area contributed by atoms with E-state index in [4.69, 9.17) is 29.4 Å². The van der Waals surface area contributed by atoms with Crippen molar-refractivity contribution in [2.24, 2.45) is 11.7 Å². The van der Waals surface area contributed by atoms with E-state index in [-0.39, 0.29) is 44.7 Å². The third kappa shape index (κ3) is 23.1. The van der Waals surface area contributed by atoms with Crippen LogP contribution in [0.5, 0.6) is 5.75 Å². The molecule has 0 radical (unpaired) electrons. The van der Waals surface area contributed by atoms with Gasteiger partial charge in [-0.3, -0.25) is 9.59 Å². The maximum absolute atomic E-state index is 12.1. The summed E-state index contributed by atoms with van der Waals surface area (Å²) >= 11 is 0. The second kappa shape index (κ2) is 25.7. The zero-order chi connectivity index (χ0) is 29.1. The lowest BCUT2D eigenvalue weighted by molar-refractivity contribution is -0.126. The van der Waals surface area contributed by atoms with Crippen molar-refractivity contribution < 1.29 is 33.3 Å². The Kier molecular flexibility index (Phi) is 24.0. The van der Waals surface area contributed by atoms with E-state index in [1.54, 1.807) is 24.3 Å². The summed E-state index contributed by atoms with van der Waals surface area (Å²) in [5, 5.41) is 8.54. The minimum Gasteiger partial charge on any atom is -0.489 e. The highest BCUT2D eigenvalue weighted by Gasteiger charge is 2.07. The first kappa shape index (κ1) is 36.5. The average Bonchev–Trinajstić information content (AvgIpc) is 2.92. The number of allylic oxidation sites excluding steroid dienone is 1. The van der Waals surface area contributed by atoms with Gasteiger partial charge in [-0.1, -0.05) is 45.9 Å². The number of nitrogens with one attached hydrogen (secondary N) is 3. The molecule has 2 amide bonds. The Bertz CT molecular complexity index is 778. The fourth-order valence-corrected chi connectivity index (χ4v) is 2.76. The monoisotopic (exact) mass is 554 g/mol. The Labute approximate surface area is 234 Å². The Hall–Kier alpha value is -2.54. The summed E-state index contributed by atoms with van der Waals surface area (Å²) in [6.07, 6.45) is 3.50. The van der Waals surface area contributed by atoms with Crippen molar-refractivity contribution in [2.75, 3.05) is 78.3 Å². The maximum Gasteiger partial charge on any atom is 0.246 e. The van der Waals surface area contributed by atoms with Crippen LogP contribution < -0.4 is 26.4 Å². The molecule has 5 N–H and O–H groups in total. The second-order valence-electron chi connectivity index (χ2n) is 8.40. The highest BCUT2D eigenvalue weighted by molar-refractivity contribution is 5.90. The molecule has 1 atom stereocenters. The van der Waals surface area contributed by atoms with Crippen molar-refractivity contribution in [3.8, 4) is 5.75 Å². The number of rotatable bonds is 22. The molecule has 1 aromatic rings. The topological polar surface area (TPSA) is 142 Å². The number of ether oxygens (including phenoxy) is 5. The molecular formula is C28H50N4O7. The van der Waals surface area contributed by atoms with Crippen molar-refractivity contribution in [3.05, 3.63) is 36.4 Å². The van der Waals surface area contributed by atoms with Crippen LogP contribution in [0.25, 0.3) is 0 Å². The van der Waals surface area contributed by atoms with E-state index in [1.165, 1.54) is 0 Å². The van der Waals surface area contributed by atoms with Crippen molar-refractivity contribution in [1.29, 1.82) is 0 Å². The Morgan fingerprint density at radius 1 is 0.974 bits per heavy atom. The van der Waals surface area contributed by atoms with E-state index in [9.17, 15) is 9.59 Å². The molecule has 0 aromatic heterocycles. The lowest BCUT2D eigenvalue weighted by Gasteiger charge is -2.15. The minimum atomic E-state index is -0.670. The van der Waals surface area contributed by atoms with Crippen molar-refractivity contribution in [1.82, 2.24) is 10.6 Å². The van der Waals surface area contributed by atoms with Crippen LogP contribution >= 0.6 is 0 Å². The summed E-state index contributed by atoms with van der Waals surface area (Å²) in [4.78, 5) is 23.8. The Balaban J connectivity index is 0.00000704. The van der Waals surface area contributed by atoms with Gasteiger partial charge in [0.25, 0.3) is 0 Å². The quantitative estimate of drug-likeness (QED) is 0.0965. The number of likely N-dealkylation sites (N-methyl/N-ethyl adjacent to an activating group) is 1. The summed E-state index contributed by atoms with van der Waals surface area (Å²) in [7, 11) is 1.86. The molecule has 1 unspecified atom stereocenters. The number of amides is 2. The third-order valence-electron chi connectivity index (χ3n) is 4.60. The van der Waals surface area contributed by atoms with E-state index in [0.29, 0.717) is 50.3 Å². The molecule has 11 heteroatoms. The first-order valence-corrected chi connectivity index (χ1v) is 13.6. The summed E-state index contributed by atoms with van der Waals surface area (Å²) in [6, 6.07) is 7.01. The smallest absolute Gasteiger partial charge is 0.246 e. The molecule has 1 rings (SSSR count). The fourth-order valence-electron chi connectivity index (χ4n) is 2.76. The van der Waals surface area contributed by atoms with Crippen LogP contribution in [0.15, 0.2) is 36.4 Å². The van der Waals surface area contributed by atoms with E-state index in [2.05, 4.69) is 29.8 Å². The van der Waals surface area contributed by atoms with Crippen molar-refractivity contribution >= 4 is 17.5 Å². The molecule has 0 heterocycles. The molecular weight excluding hydrogens is 504 g/mol. The number of nitrogens with two attached hydrogens (primary N) is 1. The zero-order valence-corrected chi connectivity index (χ0v) is 24.3. The van der Waals surface area contributed by atoms with Crippen molar-refractivity contribution in [3.63, 3.8) is 0 Å². The highest BCUT2D eigenvalue weighted by Crippen LogP contribution is 2.17. The van der Waals surface area contributed by atoms with Gasteiger partial charge in [-0.15, -0.1) is 0 Å². The normalized spacial score (nSPS) is 11.7. The summed E-state index contributed by atoms with van der Waals surface area (Å²) in [5.41, 5.74) is 6.53. The van der Waals surface area contributed by atoms with E-state index >= 15 is 0 Å². The van der Waals surface area contributed by atoms with Gasteiger partial charge in [-0.2, -0.15) is 0 Å². The van der Waals surface area contributed by atoms with Crippen LogP contribution in [0.3, 0.4) is 0 Å². The summed E-state index contributed by atoms with van der Waals surface area (Å²) in [5.74, 6) is 0.648. The predicted octanol–water partition coefficient (Wildman–Crippen LogP) is 2.32. The molecule has 0 aliphatic heterocycles. The molecule has 0 saturated carbocycles. The van der Waals surface area contributed by atoms with Gasteiger partial charge in [0.2, 0.25) is 11.8 Å². The van der Waals surface area contributed by atoms with Gasteiger partial charge in [0.1, 0.15) is 25.2 Å². The molecule has 0 bridgehead atoms. The average molecular weight is 555 g/mol. The number of benzene rings is 1. The van der Waals surface area contributed by atoms with Crippen LogP contribution in [0, 0.1) is 5.92 Å². The van der Waals surface area contributed by atoms with E-state index < -0.39 is 6.23 Å². The molecule has 0 aliphatic rings. The maximum atomic E-state index is 12.1. The molecule has 0 fully saturated rings. The van der Waals surface area contributed by atoms with E-state index in [0.717, 1.165) is 6.54 Å². The van der Waals surface area contributed by atoms with Crippen LogP contribution in [0.4, 0.5) is 5.69 Å². The van der Waals surface area contributed by atoms with Gasteiger partial charge in [0, 0.05) is 24.8 Å². The fraction of sp³-hybridized carbons (Fsp3) is 0.643. The summed E-state index contributed by atoms with van der Waals surface area (Å²) < 4.78 is 27.1. The largest absolute Gasteiger partial charge is 0.489 e. The standard InChI is InChI=1S/C26H44N4O7.C2H6/c1-21(2)6-5-10-29-26(32)20-35-16-17-36-24(27)19-37-23-8-4-7-22(18-23)30-25(31)9-12-33-14-15-34-13-11-28-3;1-2/h4-8,18,21,24,28H,9-17,19-20,27H2,1-3H3,(H,29,32)(H,30,31);1-2H3/b6-5+;. The van der Waals surface area contributed by atoms with Gasteiger partial charge in [-0.25, -0.2) is 0 Å². The number of hydrogen-bond donors (Lipinski definition) is 4. The lowest BCUT2D eigenvalue weighted by Crippen LogP contribution is -2.33. The number of anilines is 1. The summed E-state index contributed by atoms with van der Waals surface area (Å²) in [6.45, 7) is 11.8. The van der Waals surface area contributed by atoms with Gasteiger partial charge >= 0.3 is 0 Å². The zero-order valence-electron chi connectivity index (χ0n) is 24.3. The molecule has 1 aromatic carbocycles. The minimum absolute atomic E-state index is 0.0410. The van der Waals surface area contributed by atoms with Gasteiger partial charge in [0.05, 0.1) is 46.1 Å². The van der Waals surface area contributed by atoms with Crippen molar-refractivity contribution in [2.45, 2.75) is 40.3 Å². The SMILES string of the molecule is CC.CNCCOCCOCCC(=O)Nc1cccc(OCC(N)OCCOCC(=O)NC/C=C/C(C)C)c1. The molecule has 0 aliphatic carbocycles. The third-order valence-corrected chi connectivity index (χ3v) is 4.60. The number of carbonyl (C=O) groups excluding carboxylic acids is 2. The van der Waals surface area contributed by atoms with E-state index in [1.807, 2.05) is 33.0 Å². The molecule has 11 nitrogen and oxygen atoms in total. The van der Waals surface area contributed by atoms with Crippen LogP contribution in [0.1, 0.15) is 34.1 Å². The second-order valence-corrected chi connectivity index (χ2v) is 8.40. The molecule has 39 heavy (non-hydrogen) atoms. The lowest BCUT2D eigenvalue weighted by atomic mass is 10.2. The predicted molar refractivity (Wildman–Crippen MR) is 154 cm³/mol. The van der Waals surface area contributed by atoms with Gasteiger partial charge in [0.15, 0.2) is 0 Å². The Morgan fingerprint density at radius 2 is 1.69 bits per heavy atom. The first-order chi connectivity index (χ1) is 18.9. The molecule has 0 saturated heterocycles. The van der Waals surface area contributed by atoms with Gasteiger partial charge in [-0.05, 0) is 25.1 Å². The van der Waals surface area contributed by atoms with Gasteiger partial charge < -0.3 is 45.4 Å². The molecule has 0 spiro atoms. The number of carbonyl (C=O) groups is 2. The first-order valence-electron chi connectivity index (χ1n) is 13.6. The molecule has 224 valence electrons. The van der Waals surface area contributed by atoms with Crippen LogP contribution in [-0.2, 0) is 28.5 Å². The Morgan fingerprint density at radius 3 is 2.41 bits per heavy atom. The van der Waals surface area contributed by atoms with Crippen LogP contribution in [-0.4, -0.2) is 91.0 Å².